The van der Waals surface area contributed by atoms with Crippen molar-refractivity contribution in [2.45, 2.75) is 38.1 Å². The highest BCUT2D eigenvalue weighted by Crippen LogP contribution is 2.41. The summed E-state index contributed by atoms with van der Waals surface area (Å²) >= 11 is 1.72. The molecule has 1 aliphatic heterocycles. The molecule has 10 nitrogen and oxygen atoms in total. The maximum atomic E-state index is 13.6. The quantitative estimate of drug-likeness (QED) is 0.340. The van der Waals surface area contributed by atoms with Crippen LogP contribution < -0.4 is 10.2 Å². The second kappa shape index (κ2) is 11.5. The van der Waals surface area contributed by atoms with E-state index in [0.29, 0.717) is 11.9 Å². The van der Waals surface area contributed by atoms with Crippen LogP contribution in [0, 0.1) is 5.92 Å². The minimum atomic E-state index is 0.0487. The van der Waals surface area contributed by atoms with Gasteiger partial charge in [0.05, 0.1) is 28.5 Å². The minimum Gasteiger partial charge on any atom is -0.375 e. The molecule has 5 heterocycles. The minimum absolute atomic E-state index is 0.0487. The van der Waals surface area contributed by atoms with Crippen LogP contribution in [-0.4, -0.2) is 108 Å². The van der Waals surface area contributed by atoms with Crippen LogP contribution in [0.15, 0.2) is 30.9 Å². The number of hydrogen-bond acceptors (Lipinski definition) is 9. The fourth-order valence-corrected chi connectivity index (χ4v) is 7.55. The molecular formula is C30H41N9OS. The first-order valence-corrected chi connectivity index (χ1v) is 15.4. The summed E-state index contributed by atoms with van der Waals surface area (Å²) in [6.07, 6.45) is 10.1. The Kier molecular flexibility index (Phi) is 7.84. The third kappa shape index (κ3) is 5.62. The predicted octanol–water partition coefficient (Wildman–Crippen LogP) is 3.74. The average molecular weight is 576 g/mol. The van der Waals surface area contributed by atoms with Gasteiger partial charge in [-0.05, 0) is 70.9 Å². The van der Waals surface area contributed by atoms with Crippen LogP contribution in [0.4, 0.5) is 17.2 Å². The largest absolute Gasteiger partial charge is 0.375 e. The van der Waals surface area contributed by atoms with E-state index in [9.17, 15) is 4.79 Å². The van der Waals surface area contributed by atoms with Gasteiger partial charge in [-0.15, -0.1) is 11.3 Å². The smallest absolute Gasteiger partial charge is 0.226 e. The molecule has 1 saturated heterocycles. The lowest BCUT2D eigenvalue weighted by molar-refractivity contribution is -0.137. The molecule has 1 amide bonds. The number of thiophene rings is 1. The maximum Gasteiger partial charge on any atom is 0.226 e. The van der Waals surface area contributed by atoms with Crippen molar-refractivity contribution < 1.29 is 4.79 Å². The summed E-state index contributed by atoms with van der Waals surface area (Å²) in [5, 5.41) is 9.11. The first kappa shape index (κ1) is 27.9. The molecule has 218 valence electrons. The number of piperidine rings is 1. The van der Waals surface area contributed by atoms with Gasteiger partial charge in [0.2, 0.25) is 5.91 Å². The highest BCUT2D eigenvalue weighted by Gasteiger charge is 2.33. The fraction of sp³-hybridized carbons (Fsp3) is 0.533. The van der Waals surface area contributed by atoms with E-state index in [-0.39, 0.29) is 5.92 Å². The number of hydrogen-bond donors (Lipinski definition) is 1. The van der Waals surface area contributed by atoms with Gasteiger partial charge in [0.1, 0.15) is 17.0 Å². The van der Waals surface area contributed by atoms with Crippen LogP contribution in [0.25, 0.3) is 15.7 Å². The zero-order valence-electron chi connectivity index (χ0n) is 24.8. The summed E-state index contributed by atoms with van der Waals surface area (Å²) in [4.78, 5) is 34.1. The SMILES string of the molecule is CN(C)CCN(C)C1CCN(C(=O)[C@H]2CCc3c(sc4ncnc(Nc5cc6ccnn6cc5N(C)C)c34)C2)CC1. The normalized spacial score (nSPS) is 18.0. The number of nitrogens with zero attached hydrogens (tertiary/aromatic N) is 8. The predicted molar refractivity (Wildman–Crippen MR) is 167 cm³/mol. The van der Waals surface area contributed by atoms with Crippen LogP contribution in [-0.2, 0) is 17.6 Å². The third-order valence-electron chi connectivity index (χ3n) is 8.74. The number of amides is 1. The molecule has 11 heteroatoms. The van der Waals surface area contributed by atoms with E-state index in [4.69, 9.17) is 0 Å². The number of aryl methyl sites for hydroxylation is 1. The summed E-state index contributed by atoms with van der Waals surface area (Å²) in [5.74, 6) is 1.20. The van der Waals surface area contributed by atoms with Crippen molar-refractivity contribution in [1.29, 1.82) is 0 Å². The molecule has 0 unspecified atom stereocenters. The molecule has 0 radical (unpaired) electrons. The second-order valence-electron chi connectivity index (χ2n) is 12.0. The third-order valence-corrected chi connectivity index (χ3v) is 9.90. The van der Waals surface area contributed by atoms with Crippen molar-refractivity contribution in [3.8, 4) is 0 Å². The zero-order valence-corrected chi connectivity index (χ0v) is 25.6. The van der Waals surface area contributed by atoms with Gasteiger partial charge in [-0.1, -0.05) is 0 Å². The number of likely N-dealkylation sites (N-methyl/N-ethyl adjacent to an activating group) is 2. The Morgan fingerprint density at radius 1 is 1.10 bits per heavy atom. The summed E-state index contributed by atoms with van der Waals surface area (Å²) in [6.45, 7) is 3.85. The second-order valence-corrected chi connectivity index (χ2v) is 13.1. The van der Waals surface area contributed by atoms with E-state index in [1.165, 1.54) is 10.4 Å². The Hall–Kier alpha value is -3.28. The number of rotatable bonds is 8. The number of likely N-dealkylation sites (tertiary alicyclic amines) is 1. The standard InChI is InChI=1S/C30H41N9OS/c1-35(2)14-15-37(5)21-9-12-38(13-10-21)30(40)20-6-7-23-26(16-20)41-29-27(23)28(31-19-32-29)34-24-17-22-8-11-33-39(22)18-25(24)36(3)4/h8,11,17-21H,6-7,9-10,12-16H2,1-5H3,(H,31,32,34)/t20-/m0/s1. The van der Waals surface area contributed by atoms with Gasteiger partial charge in [0.25, 0.3) is 0 Å². The highest BCUT2D eigenvalue weighted by atomic mass is 32.1. The van der Waals surface area contributed by atoms with Crippen LogP contribution in [0.1, 0.15) is 29.7 Å². The van der Waals surface area contributed by atoms with E-state index < -0.39 is 0 Å². The number of pyridine rings is 1. The van der Waals surface area contributed by atoms with Crippen molar-refractivity contribution in [3.05, 3.63) is 41.3 Å². The van der Waals surface area contributed by atoms with E-state index in [0.717, 1.165) is 91.2 Å². The van der Waals surface area contributed by atoms with Crippen molar-refractivity contribution in [2.75, 3.05) is 71.6 Å². The Morgan fingerprint density at radius 2 is 1.90 bits per heavy atom. The molecule has 0 spiro atoms. The lowest BCUT2D eigenvalue weighted by atomic mass is 9.86. The zero-order chi connectivity index (χ0) is 28.7. The van der Waals surface area contributed by atoms with Crippen molar-refractivity contribution in [1.82, 2.24) is 34.3 Å². The van der Waals surface area contributed by atoms with Gasteiger partial charge in [0, 0.05) is 63.3 Å². The Balaban J connectivity index is 1.17. The number of anilines is 3. The summed E-state index contributed by atoms with van der Waals surface area (Å²) in [6, 6.07) is 4.66. The van der Waals surface area contributed by atoms with Gasteiger partial charge >= 0.3 is 0 Å². The molecule has 0 bridgehead atoms. The van der Waals surface area contributed by atoms with E-state index >= 15 is 0 Å². The topological polar surface area (TPSA) is 85.1 Å². The number of carbonyl (C=O) groups is 1. The molecule has 4 aromatic heterocycles. The molecular weight excluding hydrogens is 534 g/mol. The van der Waals surface area contributed by atoms with Crippen molar-refractivity contribution in [3.63, 3.8) is 0 Å². The van der Waals surface area contributed by atoms with E-state index in [1.54, 1.807) is 17.7 Å². The molecule has 1 N–H and O–H groups in total. The molecule has 0 saturated carbocycles. The Bertz CT molecular complexity index is 1540. The lowest BCUT2D eigenvalue weighted by Crippen LogP contribution is -2.48. The molecule has 4 aromatic rings. The molecule has 1 aliphatic carbocycles. The summed E-state index contributed by atoms with van der Waals surface area (Å²) in [7, 11) is 10.5. The maximum absolute atomic E-state index is 13.6. The molecule has 1 atom stereocenters. The van der Waals surface area contributed by atoms with Crippen molar-refractivity contribution >= 4 is 50.2 Å². The van der Waals surface area contributed by atoms with Gasteiger partial charge in [-0.25, -0.2) is 14.5 Å². The Morgan fingerprint density at radius 3 is 2.66 bits per heavy atom. The van der Waals surface area contributed by atoms with Gasteiger partial charge in [-0.3, -0.25) is 4.79 Å². The highest BCUT2D eigenvalue weighted by molar-refractivity contribution is 7.19. The number of fused-ring (bicyclic) bond motifs is 4. The summed E-state index contributed by atoms with van der Waals surface area (Å²) in [5.41, 5.74) is 4.31. The molecule has 2 aliphatic rings. The Labute approximate surface area is 245 Å². The van der Waals surface area contributed by atoms with Crippen LogP contribution >= 0.6 is 11.3 Å². The lowest BCUT2D eigenvalue weighted by Gasteiger charge is -2.38. The van der Waals surface area contributed by atoms with Crippen molar-refractivity contribution in [2.24, 2.45) is 5.92 Å². The number of carbonyl (C=O) groups excluding carboxylic acids is 1. The van der Waals surface area contributed by atoms with Gasteiger partial charge < -0.3 is 24.9 Å². The first-order chi connectivity index (χ1) is 19.8. The van der Waals surface area contributed by atoms with Crippen LogP contribution in [0.3, 0.4) is 0 Å². The molecule has 41 heavy (non-hydrogen) atoms. The first-order valence-electron chi connectivity index (χ1n) is 14.6. The summed E-state index contributed by atoms with van der Waals surface area (Å²) < 4.78 is 1.88. The number of nitrogens with one attached hydrogen (secondary N) is 1. The van der Waals surface area contributed by atoms with E-state index in [2.05, 4.69) is 67.2 Å². The average Bonchev–Trinajstić information content (AvgIpc) is 3.59. The van der Waals surface area contributed by atoms with Gasteiger partial charge in [0.15, 0.2) is 0 Å². The fourth-order valence-electron chi connectivity index (χ4n) is 6.28. The molecule has 6 rings (SSSR count). The monoisotopic (exact) mass is 575 g/mol. The molecule has 0 aromatic carbocycles. The van der Waals surface area contributed by atoms with Crippen LogP contribution in [0.5, 0.6) is 0 Å². The number of aromatic nitrogens is 4. The molecule has 1 fully saturated rings. The van der Waals surface area contributed by atoms with Crippen LogP contribution in [0.2, 0.25) is 0 Å². The van der Waals surface area contributed by atoms with E-state index in [1.807, 2.05) is 37.1 Å². The van der Waals surface area contributed by atoms with Gasteiger partial charge in [-0.2, -0.15) is 5.10 Å².